The summed E-state index contributed by atoms with van der Waals surface area (Å²) < 4.78 is 0. The first-order chi connectivity index (χ1) is 6.64. The average molecular weight is 197 g/mol. The lowest BCUT2D eigenvalue weighted by Gasteiger charge is -2.35. The van der Waals surface area contributed by atoms with Gasteiger partial charge in [0, 0.05) is 11.3 Å². The molecule has 0 saturated carbocycles. The summed E-state index contributed by atoms with van der Waals surface area (Å²) in [5.41, 5.74) is -0.0397. The molecule has 0 aromatic rings. The van der Waals surface area contributed by atoms with E-state index in [1.807, 2.05) is 0 Å². The van der Waals surface area contributed by atoms with E-state index in [1.54, 1.807) is 0 Å². The van der Waals surface area contributed by atoms with E-state index in [9.17, 15) is 4.79 Å². The molecule has 1 heterocycles. The largest absolute Gasteiger partial charge is 0.317 e. The number of Topliss-reactive ketones (excluding diaryl/α,β-unsaturated/α-hetero) is 1. The lowest BCUT2D eigenvalue weighted by molar-refractivity contribution is -0.133. The highest BCUT2D eigenvalue weighted by Gasteiger charge is 2.36. The summed E-state index contributed by atoms with van der Waals surface area (Å²) >= 11 is 0. The van der Waals surface area contributed by atoms with Crippen LogP contribution < -0.4 is 5.32 Å². The fraction of sp³-hybridized carbons (Fsp3) is 0.917. The second-order valence-corrected chi connectivity index (χ2v) is 4.69. The maximum atomic E-state index is 12.3. The lowest BCUT2D eigenvalue weighted by atomic mass is 9.72. The van der Waals surface area contributed by atoms with Gasteiger partial charge in [-0.05, 0) is 38.8 Å². The summed E-state index contributed by atoms with van der Waals surface area (Å²) in [6, 6.07) is 0. The molecular weight excluding hydrogens is 174 g/mol. The maximum absolute atomic E-state index is 12.3. The highest BCUT2D eigenvalue weighted by Crippen LogP contribution is 2.33. The maximum Gasteiger partial charge on any atom is 0.141 e. The molecule has 1 rings (SSSR count). The van der Waals surface area contributed by atoms with Crippen LogP contribution in [-0.2, 0) is 4.79 Å². The molecule has 0 amide bonds. The molecule has 0 bridgehead atoms. The Morgan fingerprint density at radius 3 is 2.21 bits per heavy atom. The predicted molar refractivity (Wildman–Crippen MR) is 59.3 cm³/mol. The van der Waals surface area contributed by atoms with Gasteiger partial charge in [-0.15, -0.1) is 0 Å². The van der Waals surface area contributed by atoms with E-state index in [0.717, 1.165) is 38.8 Å². The molecule has 0 unspecified atom stereocenters. The van der Waals surface area contributed by atoms with Gasteiger partial charge < -0.3 is 5.32 Å². The molecule has 0 spiro atoms. The van der Waals surface area contributed by atoms with Crippen molar-refractivity contribution in [3.63, 3.8) is 0 Å². The van der Waals surface area contributed by atoms with Gasteiger partial charge in [0.25, 0.3) is 0 Å². The number of carbonyl (C=O) groups is 1. The molecule has 14 heavy (non-hydrogen) atoms. The third kappa shape index (κ3) is 2.35. The van der Waals surface area contributed by atoms with Gasteiger partial charge in [-0.2, -0.15) is 0 Å². The van der Waals surface area contributed by atoms with E-state index in [-0.39, 0.29) is 11.3 Å². The Labute approximate surface area is 87.5 Å². The third-order valence-electron chi connectivity index (χ3n) is 3.66. The molecule has 2 nitrogen and oxygen atoms in total. The molecule has 2 heteroatoms. The minimum absolute atomic E-state index is 0.0397. The van der Waals surface area contributed by atoms with Crippen molar-refractivity contribution < 1.29 is 4.79 Å². The van der Waals surface area contributed by atoms with Gasteiger partial charge in [-0.25, -0.2) is 0 Å². The van der Waals surface area contributed by atoms with Gasteiger partial charge in [0.2, 0.25) is 0 Å². The first-order valence-corrected chi connectivity index (χ1v) is 5.89. The van der Waals surface area contributed by atoms with Crippen molar-refractivity contribution >= 4 is 5.78 Å². The summed E-state index contributed by atoms with van der Waals surface area (Å²) in [4.78, 5) is 12.3. The van der Waals surface area contributed by atoms with Gasteiger partial charge >= 0.3 is 0 Å². The molecule has 82 valence electrons. The topological polar surface area (TPSA) is 29.1 Å². The van der Waals surface area contributed by atoms with Crippen molar-refractivity contribution in [2.24, 2.45) is 11.3 Å². The number of ketones is 1. The zero-order valence-electron chi connectivity index (χ0n) is 9.73. The first kappa shape index (κ1) is 11.7. The lowest BCUT2D eigenvalue weighted by Crippen LogP contribution is -2.42. The summed E-state index contributed by atoms with van der Waals surface area (Å²) in [6.07, 6.45) is 4.03. The van der Waals surface area contributed by atoms with E-state index >= 15 is 0 Å². The second kappa shape index (κ2) is 4.92. The smallest absolute Gasteiger partial charge is 0.141 e. The van der Waals surface area contributed by atoms with Crippen molar-refractivity contribution in [1.82, 2.24) is 5.32 Å². The van der Waals surface area contributed by atoms with Crippen LogP contribution in [0.1, 0.15) is 46.5 Å². The van der Waals surface area contributed by atoms with Crippen LogP contribution in [0.25, 0.3) is 0 Å². The van der Waals surface area contributed by atoms with Crippen molar-refractivity contribution in [3.8, 4) is 0 Å². The van der Waals surface area contributed by atoms with Crippen LogP contribution >= 0.6 is 0 Å². The van der Waals surface area contributed by atoms with Gasteiger partial charge in [-0.1, -0.05) is 20.8 Å². The second-order valence-electron chi connectivity index (χ2n) is 4.69. The van der Waals surface area contributed by atoms with Crippen LogP contribution in [0.4, 0.5) is 0 Å². The quantitative estimate of drug-likeness (QED) is 0.749. The summed E-state index contributed by atoms with van der Waals surface area (Å²) in [5, 5.41) is 3.32. The predicted octanol–water partition coefficient (Wildman–Crippen LogP) is 2.38. The van der Waals surface area contributed by atoms with Gasteiger partial charge in [0.05, 0.1) is 0 Å². The number of hydrogen-bond donors (Lipinski definition) is 1. The van der Waals surface area contributed by atoms with E-state index in [2.05, 4.69) is 26.1 Å². The minimum Gasteiger partial charge on any atom is -0.317 e. The van der Waals surface area contributed by atoms with Crippen LogP contribution in [0.5, 0.6) is 0 Å². The molecule has 0 radical (unpaired) electrons. The highest BCUT2D eigenvalue weighted by molar-refractivity contribution is 5.86. The first-order valence-electron chi connectivity index (χ1n) is 5.89. The third-order valence-corrected chi connectivity index (χ3v) is 3.66. The Bertz CT molecular complexity index is 190. The van der Waals surface area contributed by atoms with Gasteiger partial charge in [-0.3, -0.25) is 4.79 Å². The van der Waals surface area contributed by atoms with Crippen LogP contribution in [0.15, 0.2) is 0 Å². The van der Waals surface area contributed by atoms with Crippen molar-refractivity contribution in [1.29, 1.82) is 0 Å². The molecule has 1 aliphatic rings. The van der Waals surface area contributed by atoms with Crippen LogP contribution in [-0.4, -0.2) is 18.9 Å². The van der Waals surface area contributed by atoms with Crippen LogP contribution in [0, 0.1) is 11.3 Å². The zero-order chi connectivity index (χ0) is 10.6. The van der Waals surface area contributed by atoms with Crippen LogP contribution in [0.3, 0.4) is 0 Å². The summed E-state index contributed by atoms with van der Waals surface area (Å²) in [6.45, 7) is 8.40. The van der Waals surface area contributed by atoms with Crippen molar-refractivity contribution in [2.75, 3.05) is 13.1 Å². The molecular formula is C12H23NO. The monoisotopic (exact) mass is 197 g/mol. The van der Waals surface area contributed by atoms with Gasteiger partial charge in [0.1, 0.15) is 5.78 Å². The van der Waals surface area contributed by atoms with E-state index < -0.39 is 0 Å². The average Bonchev–Trinajstić information content (AvgIpc) is 2.20. The molecule has 0 aliphatic carbocycles. The van der Waals surface area contributed by atoms with E-state index in [0.29, 0.717) is 5.78 Å². The number of nitrogens with one attached hydrogen (secondary N) is 1. The Hall–Kier alpha value is -0.370. The number of rotatable bonds is 4. The Balaban J connectivity index is 2.64. The number of hydrogen-bond acceptors (Lipinski definition) is 2. The molecule has 1 N–H and O–H groups in total. The Morgan fingerprint density at radius 2 is 1.79 bits per heavy atom. The minimum atomic E-state index is -0.0397. The Kier molecular flexibility index (Phi) is 4.11. The van der Waals surface area contributed by atoms with E-state index in [1.165, 1.54) is 0 Å². The van der Waals surface area contributed by atoms with Crippen LogP contribution in [0.2, 0.25) is 0 Å². The van der Waals surface area contributed by atoms with Crippen molar-refractivity contribution in [3.05, 3.63) is 0 Å². The molecule has 1 fully saturated rings. The zero-order valence-corrected chi connectivity index (χ0v) is 9.73. The Morgan fingerprint density at radius 1 is 1.29 bits per heavy atom. The normalized spacial score (nSPS) is 21.1. The number of piperidine rings is 1. The summed E-state index contributed by atoms with van der Waals surface area (Å²) in [5.74, 6) is 0.794. The SMILES string of the molecule is CCC(CC)C(=O)C1(C)CCNCC1. The fourth-order valence-corrected chi connectivity index (χ4v) is 2.38. The molecule has 0 aromatic carbocycles. The highest BCUT2D eigenvalue weighted by atomic mass is 16.1. The van der Waals surface area contributed by atoms with Crippen molar-refractivity contribution in [2.45, 2.75) is 46.5 Å². The molecule has 0 atom stereocenters. The fourth-order valence-electron chi connectivity index (χ4n) is 2.38. The van der Waals surface area contributed by atoms with E-state index in [4.69, 9.17) is 0 Å². The van der Waals surface area contributed by atoms with Gasteiger partial charge in [0.15, 0.2) is 0 Å². The number of carbonyl (C=O) groups excluding carboxylic acids is 1. The summed E-state index contributed by atoms with van der Waals surface area (Å²) in [7, 11) is 0. The molecule has 1 saturated heterocycles. The molecule has 1 aliphatic heterocycles. The molecule has 0 aromatic heterocycles. The standard InChI is InChI=1S/C12H23NO/c1-4-10(5-2)11(14)12(3)6-8-13-9-7-12/h10,13H,4-9H2,1-3H3.